The number of aromatic hydroxyl groups is 1. The highest BCUT2D eigenvalue weighted by Gasteiger charge is 2.30. The molecule has 1 fully saturated rings. The fourth-order valence-corrected chi connectivity index (χ4v) is 4.61. The minimum absolute atomic E-state index is 0.119. The SMILES string of the molecule is COc1ccccc1-c1coc2c(C[NH+]3C(C)CCCC3C)c(O)ccc2c1=O. The number of quaternary nitrogens is 1. The number of hydrogen-bond donors (Lipinski definition) is 2. The Morgan fingerprint density at radius 1 is 1.10 bits per heavy atom. The molecule has 1 aromatic heterocycles. The van der Waals surface area contributed by atoms with Crippen molar-refractivity contribution in [3.05, 3.63) is 58.4 Å². The van der Waals surface area contributed by atoms with Gasteiger partial charge in [-0.05, 0) is 51.3 Å². The Kier molecular flexibility index (Phi) is 5.33. The molecule has 2 heterocycles. The van der Waals surface area contributed by atoms with Gasteiger partial charge in [0.1, 0.15) is 29.9 Å². The molecule has 2 unspecified atom stereocenters. The van der Waals surface area contributed by atoms with Gasteiger partial charge in [-0.3, -0.25) is 4.79 Å². The predicted octanol–water partition coefficient (Wildman–Crippen LogP) is 3.52. The summed E-state index contributed by atoms with van der Waals surface area (Å²) in [6.07, 6.45) is 5.08. The van der Waals surface area contributed by atoms with Gasteiger partial charge >= 0.3 is 0 Å². The molecule has 0 radical (unpaired) electrons. The van der Waals surface area contributed by atoms with Gasteiger partial charge in [-0.2, -0.15) is 0 Å². The van der Waals surface area contributed by atoms with E-state index in [1.54, 1.807) is 19.2 Å². The molecule has 0 saturated carbocycles. The maximum absolute atomic E-state index is 13.3. The van der Waals surface area contributed by atoms with E-state index in [2.05, 4.69) is 13.8 Å². The largest absolute Gasteiger partial charge is 0.507 e. The Labute approximate surface area is 170 Å². The number of rotatable bonds is 4. The Balaban J connectivity index is 1.83. The predicted molar refractivity (Wildman–Crippen MR) is 114 cm³/mol. The quantitative estimate of drug-likeness (QED) is 0.711. The summed E-state index contributed by atoms with van der Waals surface area (Å²) in [4.78, 5) is 14.7. The molecule has 3 aromatic rings. The number of methoxy groups -OCH3 is 1. The van der Waals surface area contributed by atoms with Crippen molar-refractivity contribution in [2.24, 2.45) is 0 Å². The molecule has 5 nitrogen and oxygen atoms in total. The van der Waals surface area contributed by atoms with Gasteiger partial charge in [0.2, 0.25) is 5.43 Å². The molecule has 5 heteroatoms. The van der Waals surface area contributed by atoms with Crippen molar-refractivity contribution in [3.63, 3.8) is 0 Å². The van der Waals surface area contributed by atoms with Crippen LogP contribution in [0.15, 0.2) is 51.9 Å². The first-order valence-corrected chi connectivity index (χ1v) is 10.3. The molecule has 2 atom stereocenters. The van der Waals surface area contributed by atoms with Crippen LogP contribution in [0.2, 0.25) is 0 Å². The van der Waals surface area contributed by atoms with Crippen LogP contribution in [0.3, 0.4) is 0 Å². The van der Waals surface area contributed by atoms with E-state index in [4.69, 9.17) is 9.15 Å². The second-order valence-corrected chi connectivity index (χ2v) is 8.10. The normalized spacial score (nSPS) is 22.0. The summed E-state index contributed by atoms with van der Waals surface area (Å²) in [6, 6.07) is 11.7. The van der Waals surface area contributed by atoms with Crippen LogP contribution in [0.4, 0.5) is 0 Å². The van der Waals surface area contributed by atoms with Gasteiger partial charge < -0.3 is 19.2 Å². The van der Waals surface area contributed by atoms with Gasteiger partial charge in [0.05, 0.1) is 35.7 Å². The standard InChI is InChI=1S/C24H27NO4/c1-15-7-6-8-16(2)25(15)13-19-21(26)12-11-18-23(27)20(14-29-24(18)19)17-9-4-5-10-22(17)28-3/h4-5,9-12,14-16,26H,6-8,13H2,1-3H3/p+1. The van der Waals surface area contributed by atoms with E-state index in [1.165, 1.54) is 30.4 Å². The molecule has 4 rings (SSSR count). The van der Waals surface area contributed by atoms with Crippen molar-refractivity contribution in [1.82, 2.24) is 0 Å². The van der Waals surface area contributed by atoms with E-state index >= 15 is 0 Å². The second-order valence-electron chi connectivity index (χ2n) is 8.10. The summed E-state index contributed by atoms with van der Waals surface area (Å²) in [5, 5.41) is 11.1. The fourth-order valence-electron chi connectivity index (χ4n) is 4.61. The Morgan fingerprint density at radius 3 is 2.55 bits per heavy atom. The number of phenols is 1. The first-order valence-electron chi connectivity index (χ1n) is 10.3. The van der Waals surface area contributed by atoms with Crippen molar-refractivity contribution in [2.45, 2.75) is 51.7 Å². The number of hydrogen-bond acceptors (Lipinski definition) is 4. The number of phenolic OH excluding ortho intramolecular Hbond substituents is 1. The van der Waals surface area contributed by atoms with E-state index in [0.29, 0.717) is 52.0 Å². The van der Waals surface area contributed by atoms with Gasteiger partial charge in [0.25, 0.3) is 0 Å². The molecule has 0 amide bonds. The minimum atomic E-state index is -0.119. The molecule has 152 valence electrons. The molecule has 29 heavy (non-hydrogen) atoms. The first kappa shape index (κ1) is 19.5. The van der Waals surface area contributed by atoms with Gasteiger partial charge in [-0.15, -0.1) is 0 Å². The number of benzene rings is 2. The van der Waals surface area contributed by atoms with Crippen LogP contribution in [0.25, 0.3) is 22.1 Å². The van der Waals surface area contributed by atoms with Crippen molar-refractivity contribution in [1.29, 1.82) is 0 Å². The minimum Gasteiger partial charge on any atom is -0.507 e. The van der Waals surface area contributed by atoms with Crippen LogP contribution in [0, 0.1) is 0 Å². The number of fused-ring (bicyclic) bond motifs is 1. The molecule has 1 aliphatic heterocycles. The summed E-state index contributed by atoms with van der Waals surface area (Å²) in [6.45, 7) is 5.15. The van der Waals surface area contributed by atoms with Gasteiger partial charge in [0.15, 0.2) is 0 Å². The van der Waals surface area contributed by atoms with E-state index in [1.807, 2.05) is 24.3 Å². The summed E-state index contributed by atoms with van der Waals surface area (Å²) in [5.41, 5.74) is 2.22. The molecule has 1 aliphatic rings. The lowest BCUT2D eigenvalue weighted by Gasteiger charge is -2.36. The van der Waals surface area contributed by atoms with Crippen LogP contribution in [0.5, 0.6) is 11.5 Å². The van der Waals surface area contributed by atoms with E-state index in [0.717, 1.165) is 0 Å². The smallest absolute Gasteiger partial charge is 0.200 e. The average molecular weight is 394 g/mol. The summed E-state index contributed by atoms with van der Waals surface area (Å²) in [7, 11) is 1.58. The van der Waals surface area contributed by atoms with Gasteiger partial charge in [-0.25, -0.2) is 0 Å². The highest BCUT2D eigenvalue weighted by Crippen LogP contribution is 2.31. The molecule has 0 spiro atoms. The highest BCUT2D eigenvalue weighted by molar-refractivity contribution is 5.86. The maximum Gasteiger partial charge on any atom is 0.200 e. The zero-order valence-corrected chi connectivity index (χ0v) is 17.2. The molecule has 2 N–H and O–H groups in total. The lowest BCUT2D eigenvalue weighted by molar-refractivity contribution is -0.964. The molecule has 0 aliphatic carbocycles. The third-order valence-electron chi connectivity index (χ3n) is 6.34. The summed E-state index contributed by atoms with van der Waals surface area (Å²) in [5.74, 6) is 0.807. The van der Waals surface area contributed by atoms with Crippen LogP contribution >= 0.6 is 0 Å². The van der Waals surface area contributed by atoms with E-state index in [-0.39, 0.29) is 11.2 Å². The van der Waals surface area contributed by atoms with Gasteiger partial charge in [-0.1, -0.05) is 18.2 Å². The second kappa shape index (κ2) is 7.91. The molecular formula is C24H28NO4+. The van der Waals surface area contributed by atoms with Crippen molar-refractivity contribution in [2.75, 3.05) is 7.11 Å². The lowest BCUT2D eigenvalue weighted by Crippen LogP contribution is -3.18. The summed E-state index contributed by atoms with van der Waals surface area (Å²) >= 11 is 0. The summed E-state index contributed by atoms with van der Waals surface area (Å²) < 4.78 is 11.4. The van der Waals surface area contributed by atoms with E-state index < -0.39 is 0 Å². The zero-order chi connectivity index (χ0) is 20.5. The topological polar surface area (TPSA) is 64.1 Å². The third kappa shape index (κ3) is 3.51. The van der Waals surface area contributed by atoms with Crippen molar-refractivity contribution in [3.8, 4) is 22.6 Å². The zero-order valence-electron chi connectivity index (χ0n) is 17.2. The van der Waals surface area contributed by atoms with Crippen LogP contribution in [0.1, 0.15) is 38.7 Å². The number of ether oxygens (including phenoxy) is 1. The first-order chi connectivity index (χ1) is 14.0. The molecule has 0 bridgehead atoms. The van der Waals surface area contributed by atoms with Crippen LogP contribution < -0.4 is 15.1 Å². The number of piperidine rings is 1. The Hall–Kier alpha value is -2.79. The molecule has 2 aromatic carbocycles. The van der Waals surface area contributed by atoms with Gasteiger partial charge in [0, 0.05) is 5.56 Å². The lowest BCUT2D eigenvalue weighted by atomic mass is 9.96. The molecule has 1 saturated heterocycles. The van der Waals surface area contributed by atoms with Crippen molar-refractivity contribution >= 4 is 11.0 Å². The van der Waals surface area contributed by atoms with Crippen LogP contribution in [-0.2, 0) is 6.54 Å². The Bertz CT molecular complexity index is 1080. The fraction of sp³-hybridized carbons (Fsp3) is 0.375. The number of para-hydroxylation sites is 1. The Morgan fingerprint density at radius 2 is 1.83 bits per heavy atom. The third-order valence-corrected chi connectivity index (χ3v) is 6.34. The number of likely N-dealkylation sites (tertiary alicyclic amines) is 1. The average Bonchev–Trinajstić information content (AvgIpc) is 2.72. The highest BCUT2D eigenvalue weighted by atomic mass is 16.5. The molecular weight excluding hydrogens is 366 g/mol. The number of nitrogens with one attached hydrogen (secondary N) is 1. The maximum atomic E-state index is 13.3. The van der Waals surface area contributed by atoms with Crippen molar-refractivity contribution < 1.29 is 19.2 Å². The monoisotopic (exact) mass is 394 g/mol. The van der Waals surface area contributed by atoms with Crippen LogP contribution in [-0.4, -0.2) is 24.3 Å². The van der Waals surface area contributed by atoms with E-state index in [9.17, 15) is 9.90 Å².